The molecule has 28 heavy (non-hydrogen) atoms. The number of hydrogen-bond donors (Lipinski definition) is 0. The van der Waals surface area contributed by atoms with Crippen LogP contribution in [0.15, 0.2) is 30.3 Å². The van der Waals surface area contributed by atoms with Crippen LogP contribution in [-0.2, 0) is 22.5 Å². The summed E-state index contributed by atoms with van der Waals surface area (Å²) in [5, 5.41) is 0.357. The molecule has 0 bridgehead atoms. The first kappa shape index (κ1) is 20.3. The van der Waals surface area contributed by atoms with Crippen molar-refractivity contribution in [1.82, 2.24) is 4.90 Å². The van der Waals surface area contributed by atoms with Crippen molar-refractivity contribution < 1.29 is 23.8 Å². The van der Waals surface area contributed by atoms with E-state index in [2.05, 4.69) is 0 Å². The van der Waals surface area contributed by atoms with E-state index in [1.54, 1.807) is 25.2 Å². The third-order valence-corrected chi connectivity index (χ3v) is 5.19. The van der Waals surface area contributed by atoms with Gasteiger partial charge in [-0.1, -0.05) is 29.3 Å². The molecule has 0 fully saturated rings. The zero-order chi connectivity index (χ0) is 20.3. The topological polar surface area (TPSA) is 65.1 Å². The van der Waals surface area contributed by atoms with Crippen LogP contribution in [0.3, 0.4) is 0 Å². The lowest BCUT2D eigenvalue weighted by molar-refractivity contribution is -0.135. The van der Waals surface area contributed by atoms with E-state index in [0.29, 0.717) is 31.0 Å². The van der Waals surface area contributed by atoms with Crippen LogP contribution in [0, 0.1) is 0 Å². The van der Waals surface area contributed by atoms with E-state index in [4.69, 9.17) is 37.4 Å². The summed E-state index contributed by atoms with van der Waals surface area (Å²) < 4.78 is 15.8. The number of methoxy groups -OCH3 is 2. The molecule has 6 nitrogen and oxygen atoms in total. The van der Waals surface area contributed by atoms with E-state index in [0.717, 1.165) is 11.1 Å². The molecule has 0 atom stereocenters. The van der Waals surface area contributed by atoms with Crippen LogP contribution in [-0.4, -0.2) is 44.1 Å². The number of halogens is 2. The highest BCUT2D eigenvalue weighted by molar-refractivity contribution is 6.39. The Morgan fingerprint density at radius 2 is 1.64 bits per heavy atom. The van der Waals surface area contributed by atoms with E-state index < -0.39 is 5.97 Å². The summed E-state index contributed by atoms with van der Waals surface area (Å²) in [5.41, 5.74) is 2.12. The van der Waals surface area contributed by atoms with Gasteiger partial charge in [0, 0.05) is 13.1 Å². The number of esters is 1. The number of amides is 1. The molecule has 0 saturated carbocycles. The van der Waals surface area contributed by atoms with Crippen molar-refractivity contribution in [2.45, 2.75) is 13.0 Å². The standard InChI is InChI=1S/C20H19Cl2NO5/c1-26-16-8-12-6-7-23(10-13(12)9-17(16)27-2)18(24)11-28-20(25)19-14(21)4-3-5-15(19)22/h3-5,8-9H,6-7,10-11H2,1-2H3. The molecular weight excluding hydrogens is 405 g/mol. The van der Waals surface area contributed by atoms with Crippen LogP contribution < -0.4 is 9.47 Å². The zero-order valence-corrected chi connectivity index (χ0v) is 17.0. The fourth-order valence-corrected chi connectivity index (χ4v) is 3.63. The minimum Gasteiger partial charge on any atom is -0.493 e. The quantitative estimate of drug-likeness (QED) is 0.685. The van der Waals surface area contributed by atoms with Gasteiger partial charge in [0.1, 0.15) is 0 Å². The Morgan fingerprint density at radius 1 is 1.04 bits per heavy atom. The highest BCUT2D eigenvalue weighted by Crippen LogP contribution is 2.33. The maximum atomic E-state index is 12.5. The minimum atomic E-state index is -0.729. The summed E-state index contributed by atoms with van der Waals surface area (Å²) in [4.78, 5) is 26.4. The van der Waals surface area contributed by atoms with Crippen LogP contribution in [0.5, 0.6) is 11.5 Å². The first-order chi connectivity index (χ1) is 13.4. The van der Waals surface area contributed by atoms with Crippen molar-refractivity contribution in [3.05, 3.63) is 57.1 Å². The molecule has 0 saturated heterocycles. The van der Waals surface area contributed by atoms with Gasteiger partial charge in [-0.25, -0.2) is 4.79 Å². The monoisotopic (exact) mass is 423 g/mol. The molecule has 8 heteroatoms. The van der Waals surface area contributed by atoms with E-state index in [-0.39, 0.29) is 28.1 Å². The molecule has 1 heterocycles. The first-order valence-corrected chi connectivity index (χ1v) is 9.33. The summed E-state index contributed by atoms with van der Waals surface area (Å²) in [7, 11) is 3.15. The second-order valence-electron chi connectivity index (χ2n) is 6.21. The van der Waals surface area contributed by atoms with E-state index in [9.17, 15) is 9.59 Å². The van der Waals surface area contributed by atoms with Crippen molar-refractivity contribution in [2.75, 3.05) is 27.4 Å². The molecule has 0 N–H and O–H groups in total. The normalized spacial score (nSPS) is 12.9. The Kier molecular flexibility index (Phi) is 6.31. The summed E-state index contributed by atoms with van der Waals surface area (Å²) in [6.45, 7) is 0.535. The second kappa shape index (κ2) is 8.71. The molecule has 3 rings (SSSR count). The summed E-state index contributed by atoms with van der Waals surface area (Å²) >= 11 is 12.0. The third kappa shape index (κ3) is 4.18. The van der Waals surface area contributed by atoms with Crippen molar-refractivity contribution in [1.29, 1.82) is 0 Å². The smallest absolute Gasteiger partial charge is 0.341 e. The minimum absolute atomic E-state index is 0.0551. The van der Waals surface area contributed by atoms with Crippen LogP contribution in [0.25, 0.3) is 0 Å². The molecule has 1 aliphatic heterocycles. The van der Waals surface area contributed by atoms with Gasteiger partial charge in [-0.3, -0.25) is 4.79 Å². The van der Waals surface area contributed by atoms with Crippen molar-refractivity contribution in [2.24, 2.45) is 0 Å². The van der Waals surface area contributed by atoms with Crippen LogP contribution in [0.4, 0.5) is 0 Å². The maximum Gasteiger partial charge on any atom is 0.341 e. The predicted molar refractivity (Wildman–Crippen MR) is 105 cm³/mol. The molecule has 0 unspecified atom stereocenters. The Morgan fingerprint density at radius 3 is 2.25 bits per heavy atom. The van der Waals surface area contributed by atoms with Gasteiger partial charge < -0.3 is 19.1 Å². The third-order valence-electron chi connectivity index (χ3n) is 4.56. The fourth-order valence-electron chi connectivity index (χ4n) is 3.08. The van der Waals surface area contributed by atoms with Gasteiger partial charge in [0.2, 0.25) is 0 Å². The number of nitrogens with zero attached hydrogens (tertiary/aromatic N) is 1. The highest BCUT2D eigenvalue weighted by Gasteiger charge is 2.24. The van der Waals surface area contributed by atoms with Crippen LogP contribution in [0.2, 0.25) is 10.0 Å². The number of rotatable bonds is 5. The van der Waals surface area contributed by atoms with E-state index in [1.807, 2.05) is 12.1 Å². The van der Waals surface area contributed by atoms with Gasteiger partial charge in [0.05, 0.1) is 29.8 Å². The molecule has 0 aromatic heterocycles. The van der Waals surface area contributed by atoms with Crippen molar-refractivity contribution >= 4 is 35.1 Å². The van der Waals surface area contributed by atoms with Crippen LogP contribution in [0.1, 0.15) is 21.5 Å². The Labute approximate surface area is 172 Å². The molecular formula is C20H19Cl2NO5. The Hall–Kier alpha value is -2.44. The Bertz CT molecular complexity index is 895. The molecule has 148 valence electrons. The number of carbonyl (C=O) groups is 2. The second-order valence-corrected chi connectivity index (χ2v) is 7.03. The fraction of sp³-hybridized carbons (Fsp3) is 0.300. The maximum absolute atomic E-state index is 12.5. The highest BCUT2D eigenvalue weighted by atomic mass is 35.5. The average molecular weight is 424 g/mol. The van der Waals surface area contributed by atoms with Gasteiger partial charge in [-0.15, -0.1) is 0 Å². The zero-order valence-electron chi connectivity index (χ0n) is 15.5. The molecule has 2 aromatic rings. The molecule has 1 amide bonds. The van der Waals surface area contributed by atoms with E-state index >= 15 is 0 Å². The number of benzene rings is 2. The number of fused-ring (bicyclic) bond motifs is 1. The van der Waals surface area contributed by atoms with Gasteiger partial charge >= 0.3 is 5.97 Å². The lowest BCUT2D eigenvalue weighted by Gasteiger charge is -2.29. The van der Waals surface area contributed by atoms with Gasteiger partial charge in [-0.05, 0) is 41.8 Å². The summed E-state index contributed by atoms with van der Waals surface area (Å²) in [5.74, 6) is 0.242. The predicted octanol–water partition coefficient (Wildman–Crippen LogP) is 3.75. The Balaban J connectivity index is 1.66. The largest absolute Gasteiger partial charge is 0.493 e. The van der Waals surface area contributed by atoms with Crippen molar-refractivity contribution in [3.63, 3.8) is 0 Å². The molecule has 0 spiro atoms. The van der Waals surface area contributed by atoms with E-state index in [1.165, 1.54) is 12.1 Å². The molecule has 0 aliphatic carbocycles. The molecule has 2 aromatic carbocycles. The van der Waals surface area contributed by atoms with Gasteiger partial charge in [0.15, 0.2) is 18.1 Å². The average Bonchev–Trinajstić information content (AvgIpc) is 2.70. The molecule has 1 aliphatic rings. The first-order valence-electron chi connectivity index (χ1n) is 8.57. The van der Waals surface area contributed by atoms with Gasteiger partial charge in [-0.2, -0.15) is 0 Å². The van der Waals surface area contributed by atoms with Gasteiger partial charge in [0.25, 0.3) is 5.91 Å². The SMILES string of the molecule is COc1cc2c(cc1OC)CN(C(=O)COC(=O)c1c(Cl)cccc1Cl)CC2. The number of ether oxygens (including phenoxy) is 3. The summed E-state index contributed by atoms with van der Waals surface area (Å²) in [6, 6.07) is 8.49. The lowest BCUT2D eigenvalue weighted by Crippen LogP contribution is -2.38. The van der Waals surface area contributed by atoms with Crippen LogP contribution >= 0.6 is 23.2 Å². The number of hydrogen-bond acceptors (Lipinski definition) is 5. The lowest BCUT2D eigenvalue weighted by atomic mass is 9.99. The summed E-state index contributed by atoms with van der Waals surface area (Å²) in [6.07, 6.45) is 0.672. The van der Waals surface area contributed by atoms with Crippen molar-refractivity contribution in [3.8, 4) is 11.5 Å². The number of carbonyl (C=O) groups excluding carboxylic acids is 2. The molecule has 0 radical (unpaired) electrons.